The molecule has 2 heterocycles. The Morgan fingerprint density at radius 2 is 1.61 bits per heavy atom. The van der Waals surface area contributed by atoms with Crippen LogP contribution in [0.4, 0.5) is 5.69 Å². The number of amides is 1. The number of piperazine rings is 1. The SMILES string of the molecule is COc1ccccc1N1CCN(C(=O)CSc2nc3ccccc3n2-c2ccccc2)CC1. The maximum absolute atomic E-state index is 13.0. The summed E-state index contributed by atoms with van der Waals surface area (Å²) < 4.78 is 7.63. The Morgan fingerprint density at radius 3 is 2.39 bits per heavy atom. The van der Waals surface area contributed by atoms with Gasteiger partial charge in [0, 0.05) is 31.9 Å². The molecule has 0 aliphatic carbocycles. The first-order valence-electron chi connectivity index (χ1n) is 11.1. The van der Waals surface area contributed by atoms with E-state index in [9.17, 15) is 4.79 Å². The van der Waals surface area contributed by atoms with Gasteiger partial charge in [-0.15, -0.1) is 0 Å². The second kappa shape index (κ2) is 9.58. The molecule has 168 valence electrons. The molecule has 0 radical (unpaired) electrons. The number of hydrogen-bond donors (Lipinski definition) is 0. The molecule has 5 rings (SSSR count). The number of carbonyl (C=O) groups is 1. The lowest BCUT2D eigenvalue weighted by Gasteiger charge is -2.36. The maximum atomic E-state index is 13.0. The number of para-hydroxylation sites is 5. The van der Waals surface area contributed by atoms with Gasteiger partial charge in [0.2, 0.25) is 5.91 Å². The summed E-state index contributed by atoms with van der Waals surface area (Å²) in [6, 6.07) is 26.3. The van der Waals surface area contributed by atoms with Crippen LogP contribution in [0.5, 0.6) is 5.75 Å². The number of imidazole rings is 1. The van der Waals surface area contributed by atoms with Gasteiger partial charge >= 0.3 is 0 Å². The third-order valence-corrected chi connectivity index (χ3v) is 6.85. The molecular formula is C26H26N4O2S. The number of ether oxygens (including phenoxy) is 1. The van der Waals surface area contributed by atoms with E-state index in [1.807, 2.05) is 59.5 Å². The predicted octanol–water partition coefficient (Wildman–Crippen LogP) is 4.48. The van der Waals surface area contributed by atoms with Crippen LogP contribution in [0.1, 0.15) is 0 Å². The molecular weight excluding hydrogens is 432 g/mol. The maximum Gasteiger partial charge on any atom is 0.233 e. The summed E-state index contributed by atoms with van der Waals surface area (Å²) in [4.78, 5) is 22.1. The normalized spacial score (nSPS) is 14.0. The minimum Gasteiger partial charge on any atom is -0.495 e. The molecule has 1 amide bonds. The lowest BCUT2D eigenvalue weighted by atomic mass is 10.2. The van der Waals surface area contributed by atoms with Crippen molar-refractivity contribution >= 4 is 34.4 Å². The highest BCUT2D eigenvalue weighted by atomic mass is 32.2. The van der Waals surface area contributed by atoms with E-state index < -0.39 is 0 Å². The van der Waals surface area contributed by atoms with E-state index in [0.717, 1.165) is 46.4 Å². The van der Waals surface area contributed by atoms with Gasteiger partial charge in [-0.2, -0.15) is 0 Å². The second-order valence-electron chi connectivity index (χ2n) is 7.88. The van der Waals surface area contributed by atoms with Crippen molar-refractivity contribution in [3.05, 3.63) is 78.9 Å². The second-order valence-corrected chi connectivity index (χ2v) is 8.82. The Hall–Kier alpha value is -3.45. The van der Waals surface area contributed by atoms with Crippen LogP contribution in [0.2, 0.25) is 0 Å². The van der Waals surface area contributed by atoms with Crippen LogP contribution in [-0.2, 0) is 4.79 Å². The largest absolute Gasteiger partial charge is 0.495 e. The van der Waals surface area contributed by atoms with Crippen LogP contribution >= 0.6 is 11.8 Å². The first-order chi connectivity index (χ1) is 16.2. The Labute approximate surface area is 197 Å². The van der Waals surface area contributed by atoms with Gasteiger partial charge in [-0.25, -0.2) is 4.98 Å². The number of carbonyl (C=O) groups excluding carboxylic acids is 1. The molecule has 1 fully saturated rings. The van der Waals surface area contributed by atoms with Crippen molar-refractivity contribution in [2.45, 2.75) is 5.16 Å². The molecule has 0 unspecified atom stereocenters. The molecule has 0 spiro atoms. The van der Waals surface area contributed by atoms with Gasteiger partial charge in [-0.3, -0.25) is 9.36 Å². The van der Waals surface area contributed by atoms with Gasteiger partial charge in [-0.05, 0) is 36.4 Å². The van der Waals surface area contributed by atoms with Crippen LogP contribution in [0, 0.1) is 0 Å². The highest BCUT2D eigenvalue weighted by Crippen LogP contribution is 2.30. The Morgan fingerprint density at radius 1 is 0.909 bits per heavy atom. The number of benzene rings is 3. The zero-order valence-electron chi connectivity index (χ0n) is 18.6. The monoisotopic (exact) mass is 458 g/mol. The summed E-state index contributed by atoms with van der Waals surface area (Å²) in [5.74, 6) is 1.38. The van der Waals surface area contributed by atoms with E-state index in [1.165, 1.54) is 11.8 Å². The van der Waals surface area contributed by atoms with Crippen molar-refractivity contribution in [2.24, 2.45) is 0 Å². The van der Waals surface area contributed by atoms with Gasteiger partial charge in [0.05, 0.1) is 29.6 Å². The van der Waals surface area contributed by atoms with Crippen molar-refractivity contribution in [3.8, 4) is 11.4 Å². The van der Waals surface area contributed by atoms with Crippen molar-refractivity contribution in [2.75, 3.05) is 43.9 Å². The Bertz CT molecular complexity index is 1250. The molecule has 1 aromatic heterocycles. The van der Waals surface area contributed by atoms with Crippen molar-refractivity contribution in [1.29, 1.82) is 0 Å². The van der Waals surface area contributed by atoms with Crippen LogP contribution in [0.3, 0.4) is 0 Å². The fourth-order valence-corrected chi connectivity index (χ4v) is 5.16. The Kier molecular flexibility index (Phi) is 6.21. The van der Waals surface area contributed by atoms with E-state index in [2.05, 4.69) is 33.7 Å². The molecule has 4 aromatic rings. The molecule has 33 heavy (non-hydrogen) atoms. The smallest absolute Gasteiger partial charge is 0.233 e. The molecule has 0 saturated carbocycles. The third-order valence-electron chi connectivity index (χ3n) is 5.93. The molecule has 0 N–H and O–H groups in total. The van der Waals surface area contributed by atoms with Gasteiger partial charge < -0.3 is 14.5 Å². The van der Waals surface area contributed by atoms with E-state index >= 15 is 0 Å². The van der Waals surface area contributed by atoms with Crippen molar-refractivity contribution in [1.82, 2.24) is 14.5 Å². The van der Waals surface area contributed by atoms with Crippen LogP contribution in [0.25, 0.3) is 16.7 Å². The Balaban J connectivity index is 1.27. The molecule has 1 aliphatic rings. The molecule has 7 heteroatoms. The van der Waals surface area contributed by atoms with Gasteiger partial charge in [0.25, 0.3) is 0 Å². The standard InChI is InChI=1S/C26H26N4O2S/c1-32-24-14-8-7-13-23(24)28-15-17-29(18-16-28)25(31)19-33-26-27-21-11-5-6-12-22(21)30(26)20-9-3-2-4-10-20/h2-14H,15-19H2,1H3. The quantitative estimate of drug-likeness (QED) is 0.399. The number of fused-ring (bicyclic) bond motifs is 1. The zero-order chi connectivity index (χ0) is 22.6. The third kappa shape index (κ3) is 4.41. The van der Waals surface area contributed by atoms with Crippen molar-refractivity contribution < 1.29 is 9.53 Å². The first-order valence-corrected chi connectivity index (χ1v) is 12.0. The van der Waals surface area contributed by atoms with Crippen LogP contribution in [0.15, 0.2) is 84.0 Å². The summed E-state index contributed by atoms with van der Waals surface area (Å²) in [7, 11) is 1.69. The summed E-state index contributed by atoms with van der Waals surface area (Å²) in [5, 5.41) is 0.836. The lowest BCUT2D eigenvalue weighted by molar-refractivity contribution is -0.128. The van der Waals surface area contributed by atoms with E-state index in [-0.39, 0.29) is 5.91 Å². The summed E-state index contributed by atoms with van der Waals surface area (Å²) in [5.41, 5.74) is 4.11. The van der Waals surface area contributed by atoms with E-state index in [0.29, 0.717) is 18.8 Å². The average Bonchev–Trinajstić information content (AvgIpc) is 3.26. The number of thioether (sulfide) groups is 1. The summed E-state index contributed by atoms with van der Waals surface area (Å²) >= 11 is 1.50. The van der Waals surface area contributed by atoms with Gasteiger partial charge in [0.1, 0.15) is 5.75 Å². The number of methoxy groups -OCH3 is 1. The molecule has 0 atom stereocenters. The van der Waals surface area contributed by atoms with Crippen molar-refractivity contribution in [3.63, 3.8) is 0 Å². The number of anilines is 1. The molecule has 1 saturated heterocycles. The van der Waals surface area contributed by atoms with Gasteiger partial charge in [0.15, 0.2) is 5.16 Å². The minimum atomic E-state index is 0.145. The highest BCUT2D eigenvalue weighted by molar-refractivity contribution is 7.99. The average molecular weight is 459 g/mol. The van der Waals surface area contributed by atoms with E-state index in [4.69, 9.17) is 9.72 Å². The predicted molar refractivity (Wildman–Crippen MR) is 134 cm³/mol. The highest BCUT2D eigenvalue weighted by Gasteiger charge is 2.23. The van der Waals surface area contributed by atoms with Crippen LogP contribution in [-0.4, -0.2) is 59.4 Å². The number of rotatable bonds is 6. The minimum absolute atomic E-state index is 0.145. The van der Waals surface area contributed by atoms with Gasteiger partial charge in [-0.1, -0.05) is 54.2 Å². The molecule has 0 bridgehead atoms. The summed E-state index contributed by atoms with van der Waals surface area (Å²) in [6.07, 6.45) is 0. The zero-order valence-corrected chi connectivity index (χ0v) is 19.4. The summed E-state index contributed by atoms with van der Waals surface area (Å²) in [6.45, 7) is 2.98. The fourth-order valence-electron chi connectivity index (χ4n) is 4.23. The topological polar surface area (TPSA) is 50.6 Å². The fraction of sp³-hybridized carbons (Fsp3) is 0.231. The first kappa shape index (κ1) is 21.4. The van der Waals surface area contributed by atoms with Crippen LogP contribution < -0.4 is 9.64 Å². The molecule has 3 aromatic carbocycles. The number of aromatic nitrogens is 2. The van der Waals surface area contributed by atoms with E-state index in [1.54, 1.807) is 7.11 Å². The lowest BCUT2D eigenvalue weighted by Crippen LogP contribution is -2.49. The number of hydrogen-bond acceptors (Lipinski definition) is 5. The molecule has 6 nitrogen and oxygen atoms in total. The molecule has 1 aliphatic heterocycles. The number of nitrogens with zero attached hydrogens (tertiary/aromatic N) is 4.